The second kappa shape index (κ2) is 10.6. The fourth-order valence-corrected chi connectivity index (χ4v) is 4.46. The Bertz CT molecular complexity index is 1180. The van der Waals surface area contributed by atoms with Crippen LogP contribution < -0.4 is 10.6 Å². The van der Waals surface area contributed by atoms with Crippen molar-refractivity contribution in [1.82, 2.24) is 0 Å². The minimum absolute atomic E-state index is 0.0233. The predicted octanol–water partition coefficient (Wildman–Crippen LogP) is 3.86. The van der Waals surface area contributed by atoms with E-state index in [0.717, 1.165) is 4.90 Å². The van der Waals surface area contributed by atoms with Gasteiger partial charge in [-0.05, 0) is 17.7 Å². The van der Waals surface area contributed by atoms with E-state index in [9.17, 15) is 14.9 Å². The van der Waals surface area contributed by atoms with Crippen LogP contribution in [0.3, 0.4) is 0 Å². The average Bonchev–Trinajstić information content (AvgIpc) is 2.86. The number of thioether (sulfide) groups is 1. The van der Waals surface area contributed by atoms with Gasteiger partial charge in [-0.1, -0.05) is 48.5 Å². The van der Waals surface area contributed by atoms with Gasteiger partial charge in [0.15, 0.2) is 0 Å². The van der Waals surface area contributed by atoms with E-state index in [2.05, 4.69) is 12.6 Å². The number of ether oxygens (including phenoxy) is 2. The molecule has 0 amide bonds. The molecule has 0 aliphatic carbocycles. The van der Waals surface area contributed by atoms with Gasteiger partial charge in [0.05, 0.1) is 43.0 Å². The Labute approximate surface area is 196 Å². The van der Waals surface area contributed by atoms with Gasteiger partial charge < -0.3 is 15.2 Å². The minimum atomic E-state index is -0.901. The normalized spacial score (nSPS) is 15.7. The van der Waals surface area contributed by atoms with Crippen molar-refractivity contribution < 1.29 is 19.1 Å². The molecule has 1 aliphatic rings. The van der Waals surface area contributed by atoms with Crippen LogP contribution in [-0.2, 0) is 19.1 Å². The number of allylic oxidation sites excluding steroid dienone is 1. The Balaban J connectivity index is 2.40. The largest absolute Gasteiger partial charge is 0.466 e. The zero-order chi connectivity index (χ0) is 24.0. The van der Waals surface area contributed by atoms with Crippen LogP contribution in [-0.4, -0.2) is 31.9 Å². The van der Waals surface area contributed by atoms with Gasteiger partial charge >= 0.3 is 11.9 Å². The molecule has 0 saturated heterocycles. The summed E-state index contributed by atoms with van der Waals surface area (Å²) in [5.41, 5.74) is 7.69. The van der Waals surface area contributed by atoms with Gasteiger partial charge in [-0.15, -0.1) is 18.3 Å². The molecule has 1 heterocycles. The summed E-state index contributed by atoms with van der Waals surface area (Å²) >= 11 is 1.47. The van der Waals surface area contributed by atoms with E-state index in [1.807, 2.05) is 18.2 Å². The third-order valence-electron chi connectivity index (χ3n) is 5.07. The Morgan fingerprint density at radius 2 is 1.76 bits per heavy atom. The van der Waals surface area contributed by atoms with E-state index in [0.29, 0.717) is 17.0 Å². The number of nitrogens with two attached hydrogens (primary N) is 1. The molecule has 1 aliphatic heterocycles. The molecule has 0 fully saturated rings. The van der Waals surface area contributed by atoms with E-state index >= 15 is 0 Å². The number of carbonyl (C=O) groups is 2. The van der Waals surface area contributed by atoms with Gasteiger partial charge in [-0.25, -0.2) is 9.59 Å². The van der Waals surface area contributed by atoms with Gasteiger partial charge in [0, 0.05) is 10.6 Å². The summed E-state index contributed by atoms with van der Waals surface area (Å²) < 4.78 is 10.1. The molecule has 1 atom stereocenters. The Morgan fingerprint density at radius 1 is 1.12 bits per heavy atom. The molecule has 0 bridgehead atoms. The molecule has 7 nitrogen and oxygen atoms in total. The van der Waals surface area contributed by atoms with Crippen LogP contribution in [0.2, 0.25) is 0 Å². The van der Waals surface area contributed by atoms with Gasteiger partial charge in [-0.2, -0.15) is 5.26 Å². The summed E-state index contributed by atoms with van der Waals surface area (Å²) in [6.07, 6.45) is 1.75. The third kappa shape index (κ3) is 4.49. The quantitative estimate of drug-likeness (QED) is 0.376. The maximum atomic E-state index is 13.1. The van der Waals surface area contributed by atoms with Gasteiger partial charge in [0.25, 0.3) is 0 Å². The lowest BCUT2D eigenvalue weighted by atomic mass is 9.81. The van der Waals surface area contributed by atoms with Crippen molar-refractivity contribution in [3.05, 3.63) is 95.5 Å². The fourth-order valence-electron chi connectivity index (χ4n) is 3.68. The SMILES string of the molecule is C=CCSc1ccccc1N1C(N)=C(C#N)C(c2ccccc2)C(C(=O)OC)=C1C(=O)OC. The second-order valence-corrected chi connectivity index (χ2v) is 7.96. The molecule has 2 aromatic carbocycles. The standard InChI is InChI=1S/C25H23N3O4S/c1-4-14-33-19-13-9-8-12-18(19)28-22(25(30)32-3)21(24(29)31-2)20(17(15-26)23(28)27)16-10-6-5-7-11-16/h4-13,20H,1,14,27H2,2-3H3. The van der Waals surface area contributed by atoms with E-state index in [-0.39, 0.29) is 22.7 Å². The summed E-state index contributed by atoms with van der Waals surface area (Å²) in [6, 6.07) is 18.3. The smallest absolute Gasteiger partial charge is 0.355 e. The number of benzene rings is 2. The van der Waals surface area contributed by atoms with Crippen molar-refractivity contribution in [2.45, 2.75) is 10.8 Å². The Morgan fingerprint density at radius 3 is 2.36 bits per heavy atom. The topological polar surface area (TPSA) is 106 Å². The summed E-state index contributed by atoms with van der Waals surface area (Å²) in [7, 11) is 2.44. The summed E-state index contributed by atoms with van der Waals surface area (Å²) in [5, 5.41) is 10.1. The van der Waals surface area contributed by atoms with Gasteiger partial charge in [0.2, 0.25) is 0 Å². The molecule has 2 aromatic rings. The number of rotatable bonds is 7. The number of para-hydroxylation sites is 1. The van der Waals surface area contributed by atoms with Crippen LogP contribution in [0.5, 0.6) is 0 Å². The number of nitriles is 1. The highest BCUT2D eigenvalue weighted by molar-refractivity contribution is 7.99. The molecule has 2 N–H and O–H groups in total. The van der Waals surface area contributed by atoms with Crippen molar-refractivity contribution in [2.75, 3.05) is 24.9 Å². The number of carbonyl (C=O) groups excluding carboxylic acids is 2. The number of methoxy groups -OCH3 is 2. The zero-order valence-corrected chi connectivity index (χ0v) is 19.1. The molecule has 33 heavy (non-hydrogen) atoms. The molecule has 0 saturated carbocycles. The third-order valence-corrected chi connectivity index (χ3v) is 6.13. The first kappa shape index (κ1) is 23.7. The van der Waals surface area contributed by atoms with Crippen LogP contribution in [0.1, 0.15) is 11.5 Å². The lowest BCUT2D eigenvalue weighted by Crippen LogP contribution is -2.41. The first-order chi connectivity index (χ1) is 16.0. The average molecular weight is 462 g/mol. The van der Waals surface area contributed by atoms with Crippen molar-refractivity contribution in [3.63, 3.8) is 0 Å². The van der Waals surface area contributed by atoms with Crippen LogP contribution in [0.25, 0.3) is 0 Å². The number of hydrogen-bond acceptors (Lipinski definition) is 8. The van der Waals surface area contributed by atoms with Gasteiger partial charge in [-0.3, -0.25) is 4.90 Å². The molecule has 0 spiro atoms. The van der Waals surface area contributed by atoms with E-state index in [4.69, 9.17) is 15.2 Å². The number of hydrogen-bond donors (Lipinski definition) is 1. The first-order valence-electron chi connectivity index (χ1n) is 9.98. The van der Waals surface area contributed by atoms with Crippen molar-refractivity contribution in [1.29, 1.82) is 5.26 Å². The molecular formula is C25H23N3O4S. The van der Waals surface area contributed by atoms with Crippen molar-refractivity contribution in [2.24, 2.45) is 5.73 Å². The zero-order valence-electron chi connectivity index (χ0n) is 18.3. The second-order valence-electron chi connectivity index (χ2n) is 6.90. The van der Waals surface area contributed by atoms with Crippen LogP contribution in [0.15, 0.2) is 94.8 Å². The molecule has 0 aromatic heterocycles. The molecule has 3 rings (SSSR count). The summed E-state index contributed by atoms with van der Waals surface area (Å²) in [6.45, 7) is 3.75. The number of esters is 2. The highest BCUT2D eigenvalue weighted by atomic mass is 32.2. The molecule has 8 heteroatoms. The highest BCUT2D eigenvalue weighted by Gasteiger charge is 2.43. The maximum absolute atomic E-state index is 13.1. The van der Waals surface area contributed by atoms with Crippen LogP contribution >= 0.6 is 11.8 Å². The highest BCUT2D eigenvalue weighted by Crippen LogP contribution is 2.45. The lowest BCUT2D eigenvalue weighted by molar-refractivity contribution is -0.139. The first-order valence-corrected chi connectivity index (χ1v) is 11.0. The maximum Gasteiger partial charge on any atom is 0.355 e. The number of anilines is 1. The van der Waals surface area contributed by atoms with Crippen molar-refractivity contribution >= 4 is 29.4 Å². The van der Waals surface area contributed by atoms with Crippen LogP contribution in [0, 0.1) is 11.3 Å². The minimum Gasteiger partial charge on any atom is -0.466 e. The monoisotopic (exact) mass is 461 g/mol. The number of nitrogens with zero attached hydrogens (tertiary/aromatic N) is 2. The molecule has 0 radical (unpaired) electrons. The molecule has 168 valence electrons. The van der Waals surface area contributed by atoms with Crippen LogP contribution in [0.4, 0.5) is 5.69 Å². The fraction of sp³-hybridized carbons (Fsp3) is 0.160. The Hall–Kier alpha value is -3.96. The predicted molar refractivity (Wildman–Crippen MR) is 127 cm³/mol. The van der Waals surface area contributed by atoms with Crippen molar-refractivity contribution in [3.8, 4) is 6.07 Å². The Kier molecular flexibility index (Phi) is 7.59. The van der Waals surface area contributed by atoms with E-state index in [1.165, 1.54) is 30.9 Å². The molecule has 1 unspecified atom stereocenters. The van der Waals surface area contributed by atoms with E-state index < -0.39 is 17.9 Å². The van der Waals surface area contributed by atoms with Gasteiger partial charge in [0.1, 0.15) is 11.5 Å². The summed E-state index contributed by atoms with van der Waals surface area (Å²) in [4.78, 5) is 28.4. The van der Waals surface area contributed by atoms with E-state index in [1.54, 1.807) is 42.5 Å². The lowest BCUT2D eigenvalue weighted by Gasteiger charge is -2.36. The molecular weight excluding hydrogens is 438 g/mol. The summed E-state index contributed by atoms with van der Waals surface area (Å²) in [5.74, 6) is -1.80.